The van der Waals surface area contributed by atoms with E-state index < -0.39 is 5.82 Å². The van der Waals surface area contributed by atoms with Crippen LogP contribution in [-0.2, 0) is 0 Å². The van der Waals surface area contributed by atoms with Crippen LogP contribution < -0.4 is 10.5 Å². The van der Waals surface area contributed by atoms with E-state index >= 15 is 0 Å². The van der Waals surface area contributed by atoms with Crippen molar-refractivity contribution in [2.24, 2.45) is 5.73 Å². The Bertz CT molecular complexity index is 687. The molecule has 2 aromatic carbocycles. The normalized spacial score (nSPS) is 11.4. The molecular formula is C16H13FN2O. The second kappa shape index (κ2) is 5.89. The molecule has 0 aliphatic heterocycles. The molecule has 0 aliphatic rings. The van der Waals surface area contributed by atoms with Gasteiger partial charge in [-0.15, -0.1) is 0 Å². The largest absolute Gasteiger partial charge is 0.494 e. The van der Waals surface area contributed by atoms with E-state index in [9.17, 15) is 9.65 Å². The van der Waals surface area contributed by atoms with Crippen LogP contribution in [0.2, 0.25) is 0 Å². The summed E-state index contributed by atoms with van der Waals surface area (Å²) in [4.78, 5) is 0. The summed E-state index contributed by atoms with van der Waals surface area (Å²) >= 11 is 0. The Labute approximate surface area is 116 Å². The van der Waals surface area contributed by atoms with Gasteiger partial charge in [0.1, 0.15) is 6.07 Å². The molecule has 4 heteroatoms. The lowest BCUT2D eigenvalue weighted by Gasteiger charge is -2.08. The second-order valence-corrected chi connectivity index (χ2v) is 4.12. The Morgan fingerprint density at radius 2 is 1.85 bits per heavy atom. The Morgan fingerprint density at radius 1 is 1.15 bits per heavy atom. The van der Waals surface area contributed by atoms with E-state index in [0.29, 0.717) is 11.1 Å². The predicted molar refractivity (Wildman–Crippen MR) is 76.0 cm³/mol. The first-order valence-electron chi connectivity index (χ1n) is 5.96. The highest BCUT2D eigenvalue weighted by atomic mass is 19.1. The lowest BCUT2D eigenvalue weighted by atomic mass is 10.0. The maximum Gasteiger partial charge on any atom is 0.165 e. The van der Waals surface area contributed by atoms with Crippen molar-refractivity contribution in [3.05, 3.63) is 65.5 Å². The Balaban J connectivity index is 2.55. The van der Waals surface area contributed by atoms with Crippen molar-refractivity contribution in [3.63, 3.8) is 0 Å². The second-order valence-electron chi connectivity index (χ2n) is 4.12. The summed E-state index contributed by atoms with van der Waals surface area (Å²) in [5.41, 5.74) is 7.93. The van der Waals surface area contributed by atoms with Crippen molar-refractivity contribution < 1.29 is 9.13 Å². The molecule has 20 heavy (non-hydrogen) atoms. The van der Waals surface area contributed by atoms with Gasteiger partial charge in [-0.1, -0.05) is 30.3 Å². The number of hydrogen-bond acceptors (Lipinski definition) is 3. The van der Waals surface area contributed by atoms with Crippen LogP contribution >= 0.6 is 0 Å². The Hall–Kier alpha value is -2.80. The van der Waals surface area contributed by atoms with Gasteiger partial charge in [-0.2, -0.15) is 5.26 Å². The lowest BCUT2D eigenvalue weighted by molar-refractivity contribution is 0.386. The molecule has 0 amide bonds. The number of allylic oxidation sites excluding steroid dienone is 1. The van der Waals surface area contributed by atoms with Crippen molar-refractivity contribution in [1.82, 2.24) is 0 Å². The minimum atomic E-state index is -0.470. The van der Waals surface area contributed by atoms with Gasteiger partial charge < -0.3 is 10.5 Å². The fourth-order valence-electron chi connectivity index (χ4n) is 1.86. The molecule has 2 aromatic rings. The average Bonchev–Trinajstić information content (AvgIpc) is 2.49. The van der Waals surface area contributed by atoms with Gasteiger partial charge >= 0.3 is 0 Å². The van der Waals surface area contributed by atoms with Crippen molar-refractivity contribution in [2.45, 2.75) is 0 Å². The molecule has 0 bridgehead atoms. The Kier molecular flexibility index (Phi) is 4.02. The van der Waals surface area contributed by atoms with Gasteiger partial charge in [0, 0.05) is 5.56 Å². The van der Waals surface area contributed by atoms with Crippen LogP contribution in [0.5, 0.6) is 5.75 Å². The summed E-state index contributed by atoms with van der Waals surface area (Å²) < 4.78 is 18.3. The molecule has 0 aliphatic carbocycles. The van der Waals surface area contributed by atoms with Crippen LogP contribution in [0.3, 0.4) is 0 Å². The molecular weight excluding hydrogens is 255 g/mol. The quantitative estimate of drug-likeness (QED) is 0.687. The highest BCUT2D eigenvalue weighted by Gasteiger charge is 2.11. The summed E-state index contributed by atoms with van der Waals surface area (Å²) in [5.74, 6) is -0.377. The van der Waals surface area contributed by atoms with Crippen LogP contribution in [-0.4, -0.2) is 7.11 Å². The topological polar surface area (TPSA) is 59.0 Å². The number of hydrogen-bond donors (Lipinski definition) is 1. The molecule has 0 atom stereocenters. The van der Waals surface area contributed by atoms with Crippen LogP contribution in [0.1, 0.15) is 11.1 Å². The molecule has 2 rings (SSSR count). The van der Waals surface area contributed by atoms with Crippen molar-refractivity contribution in [2.75, 3.05) is 7.11 Å². The molecule has 0 radical (unpaired) electrons. The molecule has 0 spiro atoms. The number of ether oxygens (including phenoxy) is 1. The van der Waals surface area contributed by atoms with Gasteiger partial charge in [-0.3, -0.25) is 0 Å². The SMILES string of the molecule is COc1cc(/C(N)=C(/C#N)c2ccccc2)ccc1F. The van der Waals surface area contributed by atoms with Gasteiger partial charge in [0.25, 0.3) is 0 Å². The van der Waals surface area contributed by atoms with E-state index in [1.807, 2.05) is 18.2 Å². The van der Waals surface area contributed by atoms with Gasteiger partial charge in [-0.05, 0) is 23.8 Å². The number of nitrogens with zero attached hydrogens (tertiary/aromatic N) is 1. The first kappa shape index (κ1) is 13.6. The minimum absolute atomic E-state index is 0.0933. The third-order valence-electron chi connectivity index (χ3n) is 2.91. The third-order valence-corrected chi connectivity index (χ3v) is 2.91. The summed E-state index contributed by atoms with van der Waals surface area (Å²) in [6.45, 7) is 0. The number of rotatable bonds is 3. The first-order valence-corrected chi connectivity index (χ1v) is 5.96. The van der Waals surface area contributed by atoms with E-state index in [1.165, 1.54) is 25.3 Å². The summed E-state index contributed by atoms with van der Waals surface area (Å²) in [6, 6.07) is 15.5. The fourth-order valence-corrected chi connectivity index (χ4v) is 1.86. The fraction of sp³-hybridized carbons (Fsp3) is 0.0625. The monoisotopic (exact) mass is 268 g/mol. The molecule has 2 N–H and O–H groups in total. The van der Waals surface area contributed by atoms with Gasteiger partial charge in [0.15, 0.2) is 11.6 Å². The van der Waals surface area contributed by atoms with E-state index in [2.05, 4.69) is 6.07 Å². The van der Waals surface area contributed by atoms with Crippen LogP contribution in [0, 0.1) is 17.1 Å². The van der Waals surface area contributed by atoms with Gasteiger partial charge in [0.2, 0.25) is 0 Å². The molecule has 0 saturated heterocycles. The Morgan fingerprint density at radius 3 is 2.45 bits per heavy atom. The first-order chi connectivity index (χ1) is 9.67. The number of nitriles is 1. The molecule has 0 aromatic heterocycles. The van der Waals surface area contributed by atoms with Gasteiger partial charge in [-0.25, -0.2) is 4.39 Å². The highest BCUT2D eigenvalue weighted by molar-refractivity contribution is 5.96. The summed E-state index contributed by atoms with van der Waals surface area (Å²) in [7, 11) is 1.38. The zero-order chi connectivity index (χ0) is 14.5. The molecule has 0 fully saturated rings. The molecule has 0 heterocycles. The van der Waals surface area contributed by atoms with Crippen LogP contribution in [0.25, 0.3) is 11.3 Å². The smallest absolute Gasteiger partial charge is 0.165 e. The summed E-state index contributed by atoms with van der Waals surface area (Å²) in [6.07, 6.45) is 0. The summed E-state index contributed by atoms with van der Waals surface area (Å²) in [5, 5.41) is 9.30. The molecule has 100 valence electrons. The minimum Gasteiger partial charge on any atom is -0.494 e. The van der Waals surface area contributed by atoms with E-state index in [1.54, 1.807) is 12.1 Å². The number of nitrogens with two attached hydrogens (primary N) is 1. The van der Waals surface area contributed by atoms with Crippen molar-refractivity contribution in [1.29, 1.82) is 5.26 Å². The van der Waals surface area contributed by atoms with Crippen LogP contribution in [0.4, 0.5) is 4.39 Å². The zero-order valence-electron chi connectivity index (χ0n) is 10.9. The highest BCUT2D eigenvalue weighted by Crippen LogP contribution is 2.26. The maximum atomic E-state index is 13.4. The number of methoxy groups -OCH3 is 1. The van der Waals surface area contributed by atoms with Crippen LogP contribution in [0.15, 0.2) is 48.5 Å². The third kappa shape index (κ3) is 2.62. The molecule has 0 unspecified atom stereocenters. The number of benzene rings is 2. The van der Waals surface area contributed by atoms with Gasteiger partial charge in [0.05, 0.1) is 18.4 Å². The zero-order valence-corrected chi connectivity index (χ0v) is 10.9. The van der Waals surface area contributed by atoms with Crippen molar-refractivity contribution >= 4 is 11.3 Å². The predicted octanol–water partition coefficient (Wildman–Crippen LogP) is 3.18. The standard InChI is InChI=1S/C16H13FN2O/c1-20-15-9-12(7-8-14(15)17)16(19)13(10-18)11-5-3-2-4-6-11/h2-9H,19H2,1H3/b16-13+. The molecule has 0 saturated carbocycles. The lowest BCUT2D eigenvalue weighted by Crippen LogP contribution is -2.01. The average molecular weight is 268 g/mol. The number of halogens is 1. The van der Waals surface area contributed by atoms with E-state index in [0.717, 1.165) is 5.56 Å². The van der Waals surface area contributed by atoms with Crippen molar-refractivity contribution in [3.8, 4) is 11.8 Å². The van der Waals surface area contributed by atoms with E-state index in [-0.39, 0.29) is 11.4 Å². The van der Waals surface area contributed by atoms with E-state index in [4.69, 9.17) is 10.5 Å². The maximum absolute atomic E-state index is 13.4. The molecule has 3 nitrogen and oxygen atoms in total.